The minimum absolute atomic E-state index is 0.225. The summed E-state index contributed by atoms with van der Waals surface area (Å²) in [6.07, 6.45) is 4.52. The zero-order valence-electron chi connectivity index (χ0n) is 10.1. The fourth-order valence-electron chi connectivity index (χ4n) is 2.13. The quantitative estimate of drug-likeness (QED) is 0.874. The molecule has 1 amide bonds. The second-order valence-electron chi connectivity index (χ2n) is 4.49. The van der Waals surface area contributed by atoms with E-state index in [9.17, 15) is 9.18 Å². The Hall–Kier alpha value is -1.84. The molecule has 1 fully saturated rings. The standard InChI is InChI=1S/C14H16FNO2/c15-13-4-2-1-3-12(13)6-5-11-7-9-16(10-8-11)14(17)18/h1-6,11H,7-10H2,(H,17,18)/b6-5+. The lowest BCUT2D eigenvalue weighted by Gasteiger charge is -2.28. The number of amides is 1. The molecule has 0 spiro atoms. The Kier molecular flexibility index (Phi) is 3.97. The van der Waals surface area contributed by atoms with E-state index in [1.165, 1.54) is 11.0 Å². The first kappa shape index (κ1) is 12.6. The van der Waals surface area contributed by atoms with E-state index >= 15 is 0 Å². The first-order valence-corrected chi connectivity index (χ1v) is 6.07. The number of hydrogen-bond acceptors (Lipinski definition) is 1. The summed E-state index contributed by atoms with van der Waals surface area (Å²) >= 11 is 0. The van der Waals surface area contributed by atoms with Gasteiger partial charge in [0.25, 0.3) is 0 Å². The van der Waals surface area contributed by atoms with Gasteiger partial charge in [-0.25, -0.2) is 9.18 Å². The van der Waals surface area contributed by atoms with Crippen molar-refractivity contribution in [2.75, 3.05) is 13.1 Å². The van der Waals surface area contributed by atoms with Crippen molar-refractivity contribution < 1.29 is 14.3 Å². The largest absolute Gasteiger partial charge is 0.465 e. The molecule has 0 aromatic heterocycles. The average Bonchev–Trinajstić information content (AvgIpc) is 2.38. The SMILES string of the molecule is O=C(O)N1CCC(/C=C/c2ccccc2F)CC1. The highest BCUT2D eigenvalue weighted by atomic mass is 19.1. The molecule has 1 aromatic carbocycles. The summed E-state index contributed by atoms with van der Waals surface area (Å²) in [7, 11) is 0. The first-order chi connectivity index (χ1) is 8.66. The Bertz CT molecular complexity index is 451. The zero-order chi connectivity index (χ0) is 13.0. The molecule has 1 aliphatic heterocycles. The van der Waals surface area contributed by atoms with Crippen molar-refractivity contribution in [3.8, 4) is 0 Å². The molecule has 0 aliphatic carbocycles. The maximum Gasteiger partial charge on any atom is 0.407 e. The molecule has 1 saturated heterocycles. The highest BCUT2D eigenvalue weighted by molar-refractivity contribution is 5.65. The van der Waals surface area contributed by atoms with Crippen LogP contribution in [-0.2, 0) is 0 Å². The molecule has 3 nitrogen and oxygen atoms in total. The van der Waals surface area contributed by atoms with Crippen LogP contribution in [0.5, 0.6) is 0 Å². The third kappa shape index (κ3) is 3.09. The lowest BCUT2D eigenvalue weighted by molar-refractivity contribution is 0.129. The topological polar surface area (TPSA) is 40.5 Å². The number of allylic oxidation sites excluding steroid dienone is 1. The van der Waals surface area contributed by atoms with Crippen LogP contribution in [0.2, 0.25) is 0 Å². The summed E-state index contributed by atoms with van der Waals surface area (Å²) in [6.45, 7) is 1.11. The van der Waals surface area contributed by atoms with Crippen molar-refractivity contribution in [2.24, 2.45) is 5.92 Å². The molecule has 1 N–H and O–H groups in total. The number of hydrogen-bond donors (Lipinski definition) is 1. The number of benzene rings is 1. The molecule has 0 unspecified atom stereocenters. The van der Waals surface area contributed by atoms with E-state index in [0.29, 0.717) is 24.6 Å². The highest BCUT2D eigenvalue weighted by Crippen LogP contribution is 2.20. The van der Waals surface area contributed by atoms with Crippen LogP contribution in [0.3, 0.4) is 0 Å². The van der Waals surface area contributed by atoms with Crippen molar-refractivity contribution >= 4 is 12.2 Å². The Morgan fingerprint density at radius 2 is 2.00 bits per heavy atom. The van der Waals surface area contributed by atoms with Crippen LogP contribution in [0.1, 0.15) is 18.4 Å². The predicted octanol–water partition coefficient (Wildman–Crippen LogP) is 3.23. The number of nitrogens with zero attached hydrogens (tertiary/aromatic N) is 1. The summed E-state index contributed by atoms with van der Waals surface area (Å²) < 4.78 is 13.4. The van der Waals surface area contributed by atoms with E-state index in [1.807, 2.05) is 6.08 Å². The highest BCUT2D eigenvalue weighted by Gasteiger charge is 2.20. The molecule has 0 saturated carbocycles. The molecule has 18 heavy (non-hydrogen) atoms. The van der Waals surface area contributed by atoms with Crippen molar-refractivity contribution in [2.45, 2.75) is 12.8 Å². The molecule has 1 heterocycles. The van der Waals surface area contributed by atoms with Gasteiger partial charge in [0.05, 0.1) is 0 Å². The van der Waals surface area contributed by atoms with Gasteiger partial charge in [0.15, 0.2) is 0 Å². The van der Waals surface area contributed by atoms with Gasteiger partial charge in [-0.05, 0) is 24.8 Å². The van der Waals surface area contributed by atoms with Crippen LogP contribution in [0.15, 0.2) is 30.3 Å². The van der Waals surface area contributed by atoms with Gasteiger partial charge in [-0.1, -0.05) is 30.4 Å². The molecule has 1 aromatic rings. The van der Waals surface area contributed by atoms with Gasteiger partial charge in [-0.3, -0.25) is 0 Å². The Labute approximate surface area is 106 Å². The van der Waals surface area contributed by atoms with Gasteiger partial charge in [0.2, 0.25) is 0 Å². The molecule has 0 radical (unpaired) electrons. The second-order valence-corrected chi connectivity index (χ2v) is 4.49. The maximum absolute atomic E-state index is 13.4. The molecule has 96 valence electrons. The number of carbonyl (C=O) groups is 1. The summed E-state index contributed by atoms with van der Waals surface area (Å²) in [6, 6.07) is 6.64. The van der Waals surface area contributed by atoms with Gasteiger partial charge < -0.3 is 10.0 Å². The summed E-state index contributed by atoms with van der Waals surface area (Å²) in [5.74, 6) is 0.108. The normalized spacial score (nSPS) is 17.3. The molecule has 4 heteroatoms. The number of halogens is 1. The van der Waals surface area contributed by atoms with Gasteiger partial charge in [0, 0.05) is 18.7 Å². The fraction of sp³-hybridized carbons (Fsp3) is 0.357. The van der Waals surface area contributed by atoms with Crippen LogP contribution >= 0.6 is 0 Å². The van der Waals surface area contributed by atoms with Gasteiger partial charge >= 0.3 is 6.09 Å². The third-order valence-corrected chi connectivity index (χ3v) is 3.26. The second kappa shape index (κ2) is 5.67. The lowest BCUT2D eigenvalue weighted by atomic mass is 9.96. The first-order valence-electron chi connectivity index (χ1n) is 6.07. The van der Waals surface area contributed by atoms with Crippen LogP contribution in [0.4, 0.5) is 9.18 Å². The smallest absolute Gasteiger partial charge is 0.407 e. The van der Waals surface area contributed by atoms with Gasteiger partial charge in [-0.2, -0.15) is 0 Å². The summed E-state index contributed by atoms with van der Waals surface area (Å²) in [5, 5.41) is 8.83. The molecular formula is C14H16FNO2. The number of carboxylic acid groups (broad SMARTS) is 1. The van der Waals surface area contributed by atoms with Gasteiger partial charge in [0.1, 0.15) is 5.82 Å². The zero-order valence-corrected chi connectivity index (χ0v) is 10.1. The van der Waals surface area contributed by atoms with E-state index in [0.717, 1.165) is 12.8 Å². The van der Waals surface area contributed by atoms with E-state index in [4.69, 9.17) is 5.11 Å². The number of rotatable bonds is 2. The third-order valence-electron chi connectivity index (χ3n) is 3.26. The molecule has 1 aliphatic rings. The van der Waals surface area contributed by atoms with Crippen molar-refractivity contribution in [3.05, 3.63) is 41.7 Å². The maximum atomic E-state index is 13.4. The van der Waals surface area contributed by atoms with E-state index in [1.54, 1.807) is 24.3 Å². The van der Waals surface area contributed by atoms with E-state index in [-0.39, 0.29) is 5.82 Å². The van der Waals surface area contributed by atoms with Crippen LogP contribution in [-0.4, -0.2) is 29.2 Å². The lowest BCUT2D eigenvalue weighted by Crippen LogP contribution is -2.36. The van der Waals surface area contributed by atoms with E-state index in [2.05, 4.69) is 0 Å². The number of likely N-dealkylation sites (tertiary alicyclic amines) is 1. The Balaban J connectivity index is 1.92. The molecular weight excluding hydrogens is 233 g/mol. The molecule has 0 bridgehead atoms. The summed E-state index contributed by atoms with van der Waals surface area (Å²) in [5.41, 5.74) is 0.582. The molecule has 0 atom stereocenters. The van der Waals surface area contributed by atoms with Crippen molar-refractivity contribution in [1.82, 2.24) is 4.90 Å². The van der Waals surface area contributed by atoms with E-state index < -0.39 is 6.09 Å². The fourth-order valence-corrected chi connectivity index (χ4v) is 2.13. The van der Waals surface area contributed by atoms with Crippen LogP contribution in [0, 0.1) is 11.7 Å². The Morgan fingerprint density at radius 3 is 2.61 bits per heavy atom. The van der Waals surface area contributed by atoms with Crippen LogP contribution < -0.4 is 0 Å². The number of piperidine rings is 1. The minimum atomic E-state index is -0.855. The summed E-state index contributed by atoms with van der Waals surface area (Å²) in [4.78, 5) is 12.2. The average molecular weight is 249 g/mol. The predicted molar refractivity (Wildman–Crippen MR) is 67.8 cm³/mol. The van der Waals surface area contributed by atoms with Gasteiger partial charge in [-0.15, -0.1) is 0 Å². The monoisotopic (exact) mass is 249 g/mol. The molecule has 2 rings (SSSR count). The minimum Gasteiger partial charge on any atom is -0.465 e. The Morgan fingerprint density at radius 1 is 1.33 bits per heavy atom. The van der Waals surface area contributed by atoms with Crippen molar-refractivity contribution in [1.29, 1.82) is 0 Å². The van der Waals surface area contributed by atoms with Crippen LogP contribution in [0.25, 0.3) is 6.08 Å². The van der Waals surface area contributed by atoms with Crippen molar-refractivity contribution in [3.63, 3.8) is 0 Å².